The fourth-order valence-electron chi connectivity index (χ4n) is 11.5. The molecule has 13 rings (SSSR count). The van der Waals surface area contributed by atoms with Crippen molar-refractivity contribution in [1.29, 1.82) is 0 Å². The van der Waals surface area contributed by atoms with Gasteiger partial charge in [0.1, 0.15) is 0 Å². The lowest BCUT2D eigenvalue weighted by Crippen LogP contribution is -2.32. The molecule has 2 heteroatoms. The fourth-order valence-corrected chi connectivity index (χ4v) is 12.7. The van der Waals surface area contributed by atoms with Crippen LogP contribution in [0.25, 0.3) is 33.0 Å². The minimum Gasteiger partial charge on any atom is -0.310 e. The zero-order valence-electron chi connectivity index (χ0n) is 33.9. The van der Waals surface area contributed by atoms with Gasteiger partial charge in [0.15, 0.2) is 0 Å². The maximum atomic E-state index is 2.48. The van der Waals surface area contributed by atoms with E-state index in [1.807, 2.05) is 11.8 Å². The molecule has 62 heavy (non-hydrogen) atoms. The molecule has 290 valence electrons. The van der Waals surface area contributed by atoms with Gasteiger partial charge in [-0.05, 0) is 114 Å². The molecule has 2 aliphatic carbocycles. The molecular weight excluding hydrogens is 767 g/mol. The minimum absolute atomic E-state index is 0.456. The number of fused-ring (bicyclic) bond motifs is 14. The molecule has 1 heterocycles. The van der Waals surface area contributed by atoms with Crippen molar-refractivity contribution in [3.8, 4) is 22.3 Å². The van der Waals surface area contributed by atoms with Crippen LogP contribution in [0.1, 0.15) is 44.5 Å². The van der Waals surface area contributed by atoms with Gasteiger partial charge < -0.3 is 4.90 Å². The third-order valence-corrected chi connectivity index (χ3v) is 15.0. The van der Waals surface area contributed by atoms with Crippen molar-refractivity contribution >= 4 is 39.6 Å². The molecule has 1 nitrogen and oxygen atoms in total. The van der Waals surface area contributed by atoms with Crippen LogP contribution in [-0.4, -0.2) is 0 Å². The molecule has 0 fully saturated rings. The minimum atomic E-state index is -0.508. The molecule has 0 radical (unpaired) electrons. The Morgan fingerprint density at radius 2 is 0.806 bits per heavy atom. The van der Waals surface area contributed by atoms with E-state index in [1.165, 1.54) is 93.0 Å². The maximum absolute atomic E-state index is 2.48. The van der Waals surface area contributed by atoms with Crippen LogP contribution in [0, 0.1) is 0 Å². The predicted octanol–water partition coefficient (Wildman–Crippen LogP) is 15.5. The van der Waals surface area contributed by atoms with Crippen molar-refractivity contribution in [1.82, 2.24) is 0 Å². The summed E-state index contributed by atoms with van der Waals surface area (Å²) in [7, 11) is 0. The summed E-state index contributed by atoms with van der Waals surface area (Å²) in [5.41, 5.74) is 18.1. The van der Waals surface area contributed by atoms with E-state index < -0.39 is 10.8 Å². The first-order chi connectivity index (χ1) is 30.8. The highest BCUT2D eigenvalue weighted by Gasteiger charge is 2.51. The van der Waals surface area contributed by atoms with Gasteiger partial charge in [-0.3, -0.25) is 0 Å². The molecule has 0 saturated heterocycles. The van der Waals surface area contributed by atoms with Gasteiger partial charge in [-0.1, -0.05) is 206 Å². The Hall–Kier alpha value is -7.39. The van der Waals surface area contributed by atoms with Crippen LogP contribution in [-0.2, 0) is 10.8 Å². The quantitative estimate of drug-likeness (QED) is 0.170. The molecule has 1 spiro atoms. The number of anilines is 3. The van der Waals surface area contributed by atoms with E-state index in [9.17, 15) is 0 Å². The number of hydrogen-bond acceptors (Lipinski definition) is 2. The number of hydrogen-bond donors (Lipinski definition) is 0. The number of nitrogens with zero attached hydrogens (tertiary/aromatic N) is 1. The number of rotatable bonds is 5. The summed E-state index contributed by atoms with van der Waals surface area (Å²) in [5, 5.41) is 2.55. The average molecular weight is 806 g/mol. The van der Waals surface area contributed by atoms with Crippen molar-refractivity contribution in [2.24, 2.45) is 0 Å². The van der Waals surface area contributed by atoms with Crippen molar-refractivity contribution < 1.29 is 0 Å². The Balaban J connectivity index is 1.05. The smallest absolute Gasteiger partial charge is 0.0736 e. The average Bonchev–Trinajstić information content (AvgIpc) is 3.82. The molecule has 1 aliphatic heterocycles. The van der Waals surface area contributed by atoms with Crippen molar-refractivity contribution in [2.45, 2.75) is 20.6 Å². The Kier molecular flexibility index (Phi) is 7.74. The van der Waals surface area contributed by atoms with E-state index in [4.69, 9.17) is 0 Å². The lowest BCUT2D eigenvalue weighted by atomic mass is 9.67. The molecule has 0 amide bonds. The Bertz CT molecular complexity index is 3340. The third kappa shape index (κ3) is 4.70. The van der Waals surface area contributed by atoms with Crippen LogP contribution < -0.4 is 4.90 Å². The Morgan fingerprint density at radius 1 is 0.306 bits per heavy atom. The summed E-state index contributed by atoms with van der Waals surface area (Å²) < 4.78 is 0. The van der Waals surface area contributed by atoms with E-state index >= 15 is 0 Å². The number of para-hydroxylation sites is 1. The highest BCUT2D eigenvalue weighted by atomic mass is 32.2. The van der Waals surface area contributed by atoms with E-state index in [0.717, 1.165) is 11.4 Å². The molecule has 3 aliphatic rings. The van der Waals surface area contributed by atoms with Gasteiger partial charge in [0.25, 0.3) is 0 Å². The van der Waals surface area contributed by atoms with Gasteiger partial charge in [-0.15, -0.1) is 0 Å². The van der Waals surface area contributed by atoms with Crippen molar-refractivity contribution in [2.75, 3.05) is 4.90 Å². The molecular formula is C60H39NS. The largest absolute Gasteiger partial charge is 0.310 e. The van der Waals surface area contributed by atoms with E-state index in [0.29, 0.717) is 0 Å². The zero-order valence-corrected chi connectivity index (χ0v) is 34.7. The topological polar surface area (TPSA) is 3.24 Å². The Morgan fingerprint density at radius 3 is 1.52 bits per heavy atom. The SMILES string of the molecule is c1ccc(N(c2ccc(C3(c4ccccc4)c4ccccc4-c4c3ccc3ccccc43)cc2)c2cccc3c2-c2ccccc2C32c3ccccc3Sc3ccccc32)cc1. The highest BCUT2D eigenvalue weighted by molar-refractivity contribution is 7.99. The third-order valence-electron chi connectivity index (χ3n) is 13.8. The van der Waals surface area contributed by atoms with Crippen LogP contribution in [0.3, 0.4) is 0 Å². The van der Waals surface area contributed by atoms with Crippen LogP contribution in [0.2, 0.25) is 0 Å². The van der Waals surface area contributed by atoms with E-state index in [1.54, 1.807) is 0 Å². The maximum Gasteiger partial charge on any atom is 0.0736 e. The van der Waals surface area contributed by atoms with E-state index in [-0.39, 0.29) is 0 Å². The molecule has 0 N–H and O–H groups in total. The number of benzene rings is 10. The van der Waals surface area contributed by atoms with Gasteiger partial charge in [-0.2, -0.15) is 0 Å². The molecule has 10 aromatic rings. The van der Waals surface area contributed by atoms with Gasteiger partial charge in [0.05, 0.1) is 16.5 Å². The second-order valence-electron chi connectivity index (χ2n) is 16.7. The predicted molar refractivity (Wildman–Crippen MR) is 257 cm³/mol. The van der Waals surface area contributed by atoms with E-state index in [2.05, 4.69) is 241 Å². The fraction of sp³-hybridized carbons (Fsp3) is 0.0333. The molecule has 0 bridgehead atoms. The van der Waals surface area contributed by atoms with Crippen LogP contribution in [0.4, 0.5) is 17.1 Å². The van der Waals surface area contributed by atoms with Crippen LogP contribution in [0.15, 0.2) is 246 Å². The van der Waals surface area contributed by atoms with Crippen LogP contribution >= 0.6 is 11.8 Å². The van der Waals surface area contributed by atoms with Gasteiger partial charge in [0.2, 0.25) is 0 Å². The first kappa shape index (κ1) is 35.4. The molecule has 1 atom stereocenters. The molecule has 0 aromatic heterocycles. The second kappa shape index (κ2) is 13.6. The first-order valence-corrected chi connectivity index (χ1v) is 22.3. The molecule has 0 saturated carbocycles. The van der Waals surface area contributed by atoms with Crippen LogP contribution in [0.5, 0.6) is 0 Å². The standard InChI is InChI=1S/C60H39NS/c1-3-19-41(20-4-1)59(48-26-11-9-24-46(48)57-45-23-8-7-18-40(45)34-39-53(57)59)42-35-37-44(38-36-42)61(43-21-5-2-6-22-43)54-31-17-30-52-58(54)47-25-10-12-27-49(47)60(52)50-28-13-15-32-55(50)62-56-33-16-14-29-51(56)60/h1-39H. The monoisotopic (exact) mass is 805 g/mol. The van der Waals surface area contributed by atoms with Gasteiger partial charge in [-0.25, -0.2) is 0 Å². The molecule has 1 unspecified atom stereocenters. The summed E-state index contributed by atoms with van der Waals surface area (Å²) in [6.45, 7) is 0. The lowest BCUT2D eigenvalue weighted by Gasteiger charge is -2.39. The van der Waals surface area contributed by atoms with Gasteiger partial charge >= 0.3 is 0 Å². The first-order valence-electron chi connectivity index (χ1n) is 21.5. The molecule has 10 aromatic carbocycles. The summed E-state index contributed by atoms with van der Waals surface area (Å²) >= 11 is 1.89. The lowest BCUT2D eigenvalue weighted by molar-refractivity contribution is 0.722. The van der Waals surface area contributed by atoms with Crippen molar-refractivity contribution in [3.05, 3.63) is 281 Å². The van der Waals surface area contributed by atoms with Crippen molar-refractivity contribution in [3.63, 3.8) is 0 Å². The zero-order chi connectivity index (χ0) is 40.8. The highest BCUT2D eigenvalue weighted by Crippen LogP contribution is 2.64. The van der Waals surface area contributed by atoms with Gasteiger partial charge in [0, 0.05) is 26.7 Å². The summed E-state index contributed by atoms with van der Waals surface area (Å²) in [4.78, 5) is 5.10. The normalized spacial score (nSPS) is 15.9. The summed E-state index contributed by atoms with van der Waals surface area (Å²) in [5.74, 6) is 0. The summed E-state index contributed by atoms with van der Waals surface area (Å²) in [6, 6.07) is 88.3. The summed E-state index contributed by atoms with van der Waals surface area (Å²) in [6.07, 6.45) is 0. The second-order valence-corrected chi connectivity index (χ2v) is 17.8. The Labute approximate surface area is 366 Å².